The highest BCUT2D eigenvalue weighted by Crippen LogP contribution is 2.31. The maximum atomic E-state index is 14.0. The molecule has 0 radical (unpaired) electrons. The minimum absolute atomic E-state index is 0.0661. The average molecular weight is 292 g/mol. The Bertz CT molecular complexity index is 504. The van der Waals surface area contributed by atoms with E-state index >= 15 is 0 Å². The molecule has 0 aromatic heterocycles. The van der Waals surface area contributed by atoms with Crippen molar-refractivity contribution in [3.8, 4) is 0 Å². The summed E-state index contributed by atoms with van der Waals surface area (Å²) < 4.78 is 14.0. The molecule has 1 aromatic carbocycles. The Labute approximate surface area is 126 Å². The molecule has 1 aliphatic heterocycles. The van der Waals surface area contributed by atoms with Gasteiger partial charge >= 0.3 is 0 Å². The first-order chi connectivity index (χ1) is 9.94. The van der Waals surface area contributed by atoms with Crippen molar-refractivity contribution in [2.75, 3.05) is 25.0 Å². The van der Waals surface area contributed by atoms with E-state index in [1.165, 1.54) is 6.07 Å². The number of hydrogen-bond donors (Lipinski definition) is 1. The quantitative estimate of drug-likeness (QED) is 0.912. The summed E-state index contributed by atoms with van der Waals surface area (Å²) >= 11 is 0. The number of para-hydroxylation sites is 1. The van der Waals surface area contributed by atoms with Crippen molar-refractivity contribution in [2.24, 2.45) is 5.41 Å². The van der Waals surface area contributed by atoms with Crippen LogP contribution in [0.4, 0.5) is 10.1 Å². The lowest BCUT2D eigenvalue weighted by atomic mass is 9.82. The van der Waals surface area contributed by atoms with Crippen molar-refractivity contribution < 1.29 is 9.18 Å². The van der Waals surface area contributed by atoms with Crippen molar-refractivity contribution in [3.63, 3.8) is 0 Å². The first-order valence-corrected chi connectivity index (χ1v) is 7.76. The predicted molar refractivity (Wildman–Crippen MR) is 84.1 cm³/mol. The van der Waals surface area contributed by atoms with Crippen LogP contribution in [0.5, 0.6) is 0 Å². The smallest absolute Gasteiger partial charge is 0.256 e. The average Bonchev–Trinajstić information content (AvgIpc) is 2.45. The molecule has 2 rings (SSSR count). The van der Waals surface area contributed by atoms with E-state index in [0.29, 0.717) is 23.2 Å². The van der Waals surface area contributed by atoms with Crippen molar-refractivity contribution in [2.45, 2.75) is 40.0 Å². The number of rotatable bonds is 4. The van der Waals surface area contributed by atoms with Crippen molar-refractivity contribution >= 4 is 11.6 Å². The molecule has 1 aromatic rings. The summed E-state index contributed by atoms with van der Waals surface area (Å²) in [5.41, 5.74) is 1.08. The highest BCUT2D eigenvalue weighted by atomic mass is 19.1. The normalized spacial score (nSPS) is 17.6. The molecule has 0 atom stereocenters. The zero-order valence-corrected chi connectivity index (χ0v) is 13.2. The summed E-state index contributed by atoms with van der Waals surface area (Å²) in [7, 11) is 0. The number of anilines is 1. The molecule has 1 N–H and O–H groups in total. The predicted octanol–water partition coefficient (Wildman–Crippen LogP) is 3.91. The summed E-state index contributed by atoms with van der Waals surface area (Å²) in [6.07, 6.45) is 2.87. The van der Waals surface area contributed by atoms with Crippen LogP contribution in [0.25, 0.3) is 0 Å². The molecule has 21 heavy (non-hydrogen) atoms. The van der Waals surface area contributed by atoms with Crippen LogP contribution in [0, 0.1) is 11.2 Å². The fraction of sp³-hybridized carbons (Fsp3) is 0.588. The number of halogens is 1. The minimum atomic E-state index is -0.355. The van der Waals surface area contributed by atoms with E-state index in [-0.39, 0.29) is 11.7 Å². The molecule has 0 aliphatic carbocycles. The second-order valence-corrected chi connectivity index (χ2v) is 6.55. The van der Waals surface area contributed by atoms with Crippen molar-refractivity contribution in [1.29, 1.82) is 0 Å². The summed E-state index contributed by atoms with van der Waals surface area (Å²) in [5.74, 6) is -0.421. The number of carbonyl (C=O) groups is 1. The van der Waals surface area contributed by atoms with E-state index in [0.717, 1.165) is 32.4 Å². The standard InChI is InChI=1S/C17H25FN2O/c1-4-10-19-15-13(6-5-7-14(15)18)16(21)20-11-8-17(2,3)9-12-20/h5-7,19H,4,8-12H2,1-3H3. The number of piperidine rings is 1. The van der Waals surface area contributed by atoms with Gasteiger partial charge in [-0.25, -0.2) is 4.39 Å². The van der Waals surface area contributed by atoms with Gasteiger partial charge in [0.05, 0.1) is 11.3 Å². The van der Waals surface area contributed by atoms with Gasteiger partial charge in [-0.1, -0.05) is 26.8 Å². The van der Waals surface area contributed by atoms with E-state index in [4.69, 9.17) is 0 Å². The van der Waals surface area contributed by atoms with Gasteiger partial charge in [0.25, 0.3) is 5.91 Å². The molecule has 0 unspecified atom stereocenters. The molecule has 4 heteroatoms. The Kier molecular flexibility index (Phi) is 4.86. The molecule has 1 fully saturated rings. The first-order valence-electron chi connectivity index (χ1n) is 7.76. The molecular weight excluding hydrogens is 267 g/mol. The van der Waals surface area contributed by atoms with Gasteiger partial charge in [0.1, 0.15) is 5.82 Å². The topological polar surface area (TPSA) is 32.3 Å². The second kappa shape index (κ2) is 6.46. The van der Waals surface area contributed by atoms with Gasteiger partial charge in [0.15, 0.2) is 0 Å². The molecule has 3 nitrogen and oxygen atoms in total. The number of likely N-dealkylation sites (tertiary alicyclic amines) is 1. The number of benzene rings is 1. The summed E-state index contributed by atoms with van der Waals surface area (Å²) in [6, 6.07) is 4.71. The fourth-order valence-electron chi connectivity index (χ4n) is 2.62. The van der Waals surface area contributed by atoms with Crippen LogP contribution in [-0.2, 0) is 0 Å². The SMILES string of the molecule is CCCNc1c(F)cccc1C(=O)N1CCC(C)(C)CC1. The van der Waals surface area contributed by atoms with Gasteiger partial charge in [0, 0.05) is 19.6 Å². The zero-order valence-electron chi connectivity index (χ0n) is 13.2. The maximum Gasteiger partial charge on any atom is 0.256 e. The molecule has 1 amide bonds. The number of hydrogen-bond acceptors (Lipinski definition) is 2. The minimum Gasteiger partial charge on any atom is -0.382 e. The molecular formula is C17H25FN2O. The summed E-state index contributed by atoms with van der Waals surface area (Å²) in [6.45, 7) is 8.62. The molecule has 1 heterocycles. The van der Waals surface area contributed by atoms with E-state index in [1.54, 1.807) is 12.1 Å². The van der Waals surface area contributed by atoms with Crippen LogP contribution >= 0.6 is 0 Å². The van der Waals surface area contributed by atoms with Gasteiger partial charge in [0.2, 0.25) is 0 Å². The molecule has 116 valence electrons. The Balaban J connectivity index is 2.17. The Morgan fingerprint density at radius 3 is 2.62 bits per heavy atom. The lowest BCUT2D eigenvalue weighted by Gasteiger charge is -2.37. The number of carbonyl (C=O) groups excluding carboxylic acids is 1. The lowest BCUT2D eigenvalue weighted by Crippen LogP contribution is -2.41. The van der Waals surface area contributed by atoms with Crippen LogP contribution in [0.15, 0.2) is 18.2 Å². The number of nitrogens with zero attached hydrogens (tertiary/aromatic N) is 1. The van der Waals surface area contributed by atoms with E-state index in [1.807, 2.05) is 11.8 Å². The second-order valence-electron chi connectivity index (χ2n) is 6.55. The number of amides is 1. The van der Waals surface area contributed by atoms with Crippen LogP contribution in [0.2, 0.25) is 0 Å². The third-order valence-corrected chi connectivity index (χ3v) is 4.20. The third kappa shape index (κ3) is 3.74. The first kappa shape index (κ1) is 15.8. The monoisotopic (exact) mass is 292 g/mol. The molecule has 1 aliphatic rings. The van der Waals surface area contributed by atoms with Crippen LogP contribution < -0.4 is 5.32 Å². The highest BCUT2D eigenvalue weighted by molar-refractivity contribution is 5.99. The molecule has 1 saturated heterocycles. The number of nitrogens with one attached hydrogen (secondary N) is 1. The summed E-state index contributed by atoms with van der Waals surface area (Å²) in [5, 5.41) is 3.04. The van der Waals surface area contributed by atoms with E-state index < -0.39 is 0 Å². The van der Waals surface area contributed by atoms with Gasteiger partial charge in [-0.05, 0) is 36.8 Å². The Morgan fingerprint density at radius 2 is 2.00 bits per heavy atom. The van der Waals surface area contributed by atoms with Crippen LogP contribution in [0.1, 0.15) is 50.4 Å². The zero-order chi connectivity index (χ0) is 15.5. The van der Waals surface area contributed by atoms with E-state index in [2.05, 4.69) is 19.2 Å². The molecule has 0 spiro atoms. The highest BCUT2D eigenvalue weighted by Gasteiger charge is 2.29. The van der Waals surface area contributed by atoms with Crippen molar-refractivity contribution in [3.05, 3.63) is 29.6 Å². The van der Waals surface area contributed by atoms with Gasteiger partial charge in [-0.3, -0.25) is 4.79 Å². The third-order valence-electron chi connectivity index (χ3n) is 4.20. The Hall–Kier alpha value is -1.58. The van der Waals surface area contributed by atoms with Gasteiger partial charge in [-0.2, -0.15) is 0 Å². The molecule has 0 bridgehead atoms. The maximum absolute atomic E-state index is 14.0. The van der Waals surface area contributed by atoms with E-state index in [9.17, 15) is 9.18 Å². The van der Waals surface area contributed by atoms with Gasteiger partial charge < -0.3 is 10.2 Å². The summed E-state index contributed by atoms with van der Waals surface area (Å²) in [4.78, 5) is 14.5. The van der Waals surface area contributed by atoms with Gasteiger partial charge in [-0.15, -0.1) is 0 Å². The lowest BCUT2D eigenvalue weighted by molar-refractivity contribution is 0.0631. The van der Waals surface area contributed by atoms with Crippen molar-refractivity contribution in [1.82, 2.24) is 4.90 Å². The Morgan fingerprint density at radius 1 is 1.33 bits per heavy atom. The molecule has 0 saturated carbocycles. The van der Waals surface area contributed by atoms with Crippen LogP contribution in [0.3, 0.4) is 0 Å². The fourth-order valence-corrected chi connectivity index (χ4v) is 2.62. The largest absolute Gasteiger partial charge is 0.382 e. The van der Waals surface area contributed by atoms with Crippen LogP contribution in [-0.4, -0.2) is 30.4 Å².